The molecule has 5 heterocycles. The van der Waals surface area contributed by atoms with Gasteiger partial charge in [-0.25, -0.2) is 19.2 Å². The van der Waals surface area contributed by atoms with Gasteiger partial charge in [0, 0.05) is 76.7 Å². The topological polar surface area (TPSA) is 435 Å². The van der Waals surface area contributed by atoms with Crippen molar-refractivity contribution < 1.29 is 121 Å². The molecule has 0 bridgehead atoms. The predicted molar refractivity (Wildman–Crippen MR) is 380 cm³/mol. The molecule has 602 valence electrons. The number of rotatable bonds is 22. The van der Waals surface area contributed by atoms with Crippen LogP contribution < -0.4 is 27.0 Å². The van der Waals surface area contributed by atoms with Gasteiger partial charge in [0.25, 0.3) is 11.8 Å². The van der Waals surface area contributed by atoms with Crippen LogP contribution >= 0.6 is 0 Å². The maximum absolute atomic E-state index is 13.4. The Morgan fingerprint density at radius 3 is 1.51 bits per heavy atom. The van der Waals surface area contributed by atoms with Crippen molar-refractivity contribution in [1.82, 2.24) is 36.3 Å². The van der Waals surface area contributed by atoms with Gasteiger partial charge in [0.05, 0.1) is 67.2 Å². The van der Waals surface area contributed by atoms with Crippen LogP contribution in [0.25, 0.3) is 0 Å². The molecule has 5 fully saturated rings. The Hall–Kier alpha value is -6.41. The van der Waals surface area contributed by atoms with E-state index in [1.807, 2.05) is 34.6 Å². The zero-order valence-corrected chi connectivity index (χ0v) is 64.6. The van der Waals surface area contributed by atoms with E-state index < -0.39 is 157 Å². The van der Waals surface area contributed by atoms with E-state index in [0.717, 1.165) is 37.2 Å². The minimum Gasteiger partial charge on any atom is -0.469 e. The monoisotopic (exact) mass is 1510 g/mol. The molecule has 106 heavy (non-hydrogen) atoms. The first-order chi connectivity index (χ1) is 49.6. The molecule has 5 aliphatic heterocycles. The lowest BCUT2D eigenvalue weighted by Crippen LogP contribution is -2.67. The summed E-state index contributed by atoms with van der Waals surface area (Å²) in [5.41, 5.74) is 2.54. The Labute approximate surface area is 621 Å². The van der Waals surface area contributed by atoms with Crippen molar-refractivity contribution in [1.29, 1.82) is 0 Å². The number of nitrogens with two attached hydrogens (primary N) is 1. The van der Waals surface area contributed by atoms with E-state index in [1.54, 1.807) is 94.7 Å². The van der Waals surface area contributed by atoms with Crippen LogP contribution in [-0.2, 0) is 71.4 Å². The van der Waals surface area contributed by atoms with Crippen LogP contribution in [0.4, 0.5) is 14.4 Å². The SMILES string of the molecule is CC(C)(C)OC(=O)NCCN(OC(=O)c1ccccc1)C(=O)ON1C(=O)CCC1=O.CCC1=CC[C@@H](C)[C@@H](OC2[C@@H](C)C[C@@H](CC(=O)N(C)CCNC(=O)OC(C)(C)C)[C@H](O[C@H]3OC[C@](C)(O)[C@H](NC)[C@H]3O)[C@H]2O)O1.CCC1=CC[C@@H](C)[C@@H](OC2[C@@H](C)C[C@@H](N)[C@H](O[C@H]3OC[C@](C)(O)[C@H](NC)[C@H]3O)[C@H]2O)O1. The Morgan fingerprint density at radius 2 is 1.06 bits per heavy atom. The molecule has 1 aromatic carbocycles. The third-order valence-electron chi connectivity index (χ3n) is 19.3. The van der Waals surface area contributed by atoms with Gasteiger partial charge in [-0.3, -0.25) is 14.4 Å². The molecule has 0 aromatic heterocycles. The highest BCUT2D eigenvalue weighted by atomic mass is 16.8. The first-order valence-corrected chi connectivity index (χ1v) is 36.8. The number of nitrogens with zero attached hydrogens (tertiary/aromatic N) is 3. The van der Waals surface area contributed by atoms with Crippen LogP contribution in [0.5, 0.6) is 0 Å². The minimum atomic E-state index is -1.34. The largest absolute Gasteiger partial charge is 0.469 e. The van der Waals surface area contributed by atoms with Gasteiger partial charge in [0.1, 0.15) is 52.9 Å². The van der Waals surface area contributed by atoms with Gasteiger partial charge in [0.15, 0.2) is 12.6 Å². The van der Waals surface area contributed by atoms with Crippen LogP contribution in [0.15, 0.2) is 54.0 Å². The molecule has 2 aliphatic carbocycles. The van der Waals surface area contributed by atoms with Crippen LogP contribution in [0.3, 0.4) is 0 Å². The molecule has 33 nitrogen and oxygen atoms in total. The number of carbonyl (C=O) groups excluding carboxylic acids is 7. The van der Waals surface area contributed by atoms with Crippen molar-refractivity contribution in [3.63, 3.8) is 0 Å². The molecular formula is C73H120N8O25. The molecule has 8 rings (SSSR count). The van der Waals surface area contributed by atoms with Gasteiger partial charge in [-0.05, 0) is 137 Å². The second-order valence-electron chi connectivity index (χ2n) is 30.9. The third kappa shape index (κ3) is 25.1. The average molecular weight is 1510 g/mol. The Kier molecular flexibility index (Phi) is 32.8. The van der Waals surface area contributed by atoms with E-state index >= 15 is 0 Å². The predicted octanol–water partition coefficient (Wildman–Crippen LogP) is 3.88. The normalized spacial score (nSPS) is 33.9. The number of aliphatic hydroxyl groups excluding tert-OH is 4. The molecule has 0 spiro atoms. The lowest BCUT2D eigenvalue weighted by molar-refractivity contribution is -0.312. The number of aliphatic hydroxyl groups is 6. The lowest BCUT2D eigenvalue weighted by atomic mass is 9.74. The van der Waals surface area contributed by atoms with Crippen LogP contribution in [0.2, 0.25) is 0 Å². The van der Waals surface area contributed by atoms with E-state index in [2.05, 4.69) is 40.3 Å². The average Bonchev–Trinajstić information content (AvgIpc) is 0.924. The second-order valence-corrected chi connectivity index (χ2v) is 30.9. The fourth-order valence-electron chi connectivity index (χ4n) is 13.4. The van der Waals surface area contributed by atoms with Crippen molar-refractivity contribution in [2.24, 2.45) is 35.3 Å². The number of alkyl carbamates (subject to hydrolysis) is 2. The zero-order chi connectivity index (χ0) is 78.9. The van der Waals surface area contributed by atoms with Crippen molar-refractivity contribution in [2.45, 2.75) is 269 Å². The molecule has 7 aliphatic rings. The number of nitrogens with one attached hydrogen (secondary N) is 4. The molecule has 1 aromatic rings. The fourth-order valence-corrected chi connectivity index (χ4v) is 13.4. The number of ether oxygens (including phenoxy) is 10. The number of allylic oxidation sites excluding steroid dienone is 4. The zero-order valence-electron chi connectivity index (χ0n) is 64.6. The number of amides is 6. The summed E-state index contributed by atoms with van der Waals surface area (Å²) < 4.78 is 58.8. The molecule has 2 unspecified atom stereocenters. The summed E-state index contributed by atoms with van der Waals surface area (Å²) in [5.74, 6) is -1.04. The summed E-state index contributed by atoms with van der Waals surface area (Å²) in [5, 5.41) is 77.6. The summed E-state index contributed by atoms with van der Waals surface area (Å²) >= 11 is 0. The van der Waals surface area contributed by atoms with Gasteiger partial charge in [-0.15, -0.1) is 10.1 Å². The Bertz CT molecular complexity index is 3080. The third-order valence-corrected chi connectivity index (χ3v) is 19.3. The molecule has 3 saturated heterocycles. The van der Waals surface area contributed by atoms with Crippen LogP contribution in [0, 0.1) is 29.6 Å². The standard InChI is InChI=1S/C32H57N3O10.C22H40N2O7.C19H23N3O8/c1-10-21-12-11-18(2)28(42-21)43-25-19(3)15-20(16-22(36)35(9)14-13-34-30(39)45-31(4,5)6)26(23(25)37)44-29-24(38)27(33-8)32(7,40)17-41-29;1-6-13-8-7-11(2)20(29-13)30-17-12(3)9-14(23)18(15(17)25)31-21-16(26)19(24-5)22(4,27)10-28-21;1-19(2,3)28-17(26)20-11-12-21(29-16(25)13-7-5-4-6-8-13)18(27)30-22-14(23)9-10-15(22)24/h12,18-20,23-29,33,37-38,40H,10-11,13-17H2,1-9H3,(H,34,39);8,11-12,14-21,24-27H,6-7,9-10,23H2,1-5H3;4-8H,9-12H2,1-3H3,(H,20,26)/t18-,19+,20+,23+,24-,25?,26+,27-,28-,29-,32+;11-,12+,14-,15+,16-,17?,18+,19-,20-,21-,22+;/m11./s1. The maximum Gasteiger partial charge on any atom is 0.468 e. The summed E-state index contributed by atoms with van der Waals surface area (Å²) in [6.45, 7) is 25.5. The van der Waals surface area contributed by atoms with Crippen LogP contribution in [-0.4, -0.2) is 263 Å². The number of imide groups is 1. The maximum atomic E-state index is 13.4. The van der Waals surface area contributed by atoms with Gasteiger partial charge in [-0.2, -0.15) is 0 Å². The van der Waals surface area contributed by atoms with E-state index in [0.29, 0.717) is 23.0 Å². The fraction of sp³-hybridized carbons (Fsp3) is 0.767. The number of benzene rings is 1. The first-order valence-electron chi connectivity index (χ1n) is 36.8. The molecular weight excluding hydrogens is 1390 g/mol. The molecule has 6 amide bonds. The molecule has 2 saturated carbocycles. The highest BCUT2D eigenvalue weighted by Gasteiger charge is 2.54. The van der Waals surface area contributed by atoms with Crippen LogP contribution in [0.1, 0.15) is 165 Å². The second kappa shape index (κ2) is 39.3. The van der Waals surface area contributed by atoms with Gasteiger partial charge in [0.2, 0.25) is 18.5 Å². The minimum absolute atomic E-state index is 0.000351. The summed E-state index contributed by atoms with van der Waals surface area (Å²) in [4.78, 5) is 96.5. The summed E-state index contributed by atoms with van der Waals surface area (Å²) in [6.07, 6.45) is -4.94. The van der Waals surface area contributed by atoms with Gasteiger partial charge in [-0.1, -0.05) is 59.7 Å². The van der Waals surface area contributed by atoms with Crippen molar-refractivity contribution in [3.8, 4) is 0 Å². The van der Waals surface area contributed by atoms with E-state index in [1.165, 1.54) is 17.0 Å². The number of likely N-dealkylation sites (N-methyl/N-ethyl adjacent to an activating group) is 3. The van der Waals surface area contributed by atoms with E-state index in [4.69, 9.17) is 62.8 Å². The number of hydroxylamine groups is 4. The van der Waals surface area contributed by atoms with Gasteiger partial charge < -0.3 is 120 Å². The molecule has 33 heteroatoms. The van der Waals surface area contributed by atoms with E-state index in [9.17, 15) is 64.2 Å². The summed E-state index contributed by atoms with van der Waals surface area (Å²) in [7, 11) is 4.94. The Balaban J connectivity index is 0.000000257. The molecule has 22 atom stereocenters. The smallest absolute Gasteiger partial charge is 0.468 e. The lowest BCUT2D eigenvalue weighted by Gasteiger charge is -2.49. The number of carbonyl (C=O) groups is 7. The highest BCUT2D eigenvalue weighted by Crippen LogP contribution is 2.41. The molecule has 0 radical (unpaired) electrons. The highest BCUT2D eigenvalue weighted by molar-refractivity contribution is 6.01. The first kappa shape index (κ1) is 88.5. The van der Waals surface area contributed by atoms with Crippen molar-refractivity contribution >= 4 is 42.0 Å². The van der Waals surface area contributed by atoms with E-state index in [-0.39, 0.29) is 93.8 Å². The molecule has 12 N–H and O–H groups in total. The van der Waals surface area contributed by atoms with Crippen molar-refractivity contribution in [2.75, 3.05) is 60.5 Å². The number of hydrogen-bond acceptors (Lipinski definition) is 28. The quantitative estimate of drug-likeness (QED) is 0.0579. The summed E-state index contributed by atoms with van der Waals surface area (Å²) in [6, 6.07) is 5.99. The van der Waals surface area contributed by atoms with Gasteiger partial charge >= 0.3 is 24.2 Å². The van der Waals surface area contributed by atoms with Crippen molar-refractivity contribution in [3.05, 3.63) is 59.6 Å². The Morgan fingerprint density at radius 1 is 0.623 bits per heavy atom. The number of hydrogen-bond donors (Lipinski definition) is 11.